The fraction of sp³-hybridized carbons (Fsp3) is 0.800. The first-order chi connectivity index (χ1) is 16.8. The van der Waals surface area contributed by atoms with Gasteiger partial charge in [0.15, 0.2) is 0 Å². The van der Waals surface area contributed by atoms with Gasteiger partial charge >= 0.3 is 71.6 Å². The van der Waals surface area contributed by atoms with Crippen LogP contribution < -0.4 is 0 Å². The minimum atomic E-state index is -9.49. The Labute approximate surface area is 202 Å². The first kappa shape index (κ1) is 37.6. The van der Waals surface area contributed by atoms with Gasteiger partial charge in [-0.25, -0.2) is 9.18 Å². The van der Waals surface area contributed by atoms with Gasteiger partial charge in [0.1, 0.15) is 0 Å². The highest BCUT2D eigenvalue weighted by Gasteiger charge is 3.01. The zero-order valence-corrected chi connectivity index (χ0v) is 17.7. The van der Waals surface area contributed by atoms with E-state index in [4.69, 9.17) is 0 Å². The van der Waals surface area contributed by atoms with Gasteiger partial charge in [-0.2, -0.15) is 96.6 Å². The third kappa shape index (κ3) is 4.57. The van der Waals surface area contributed by atoms with Crippen molar-refractivity contribution in [2.24, 2.45) is 0 Å². The van der Waals surface area contributed by atoms with Crippen LogP contribution in [0.3, 0.4) is 0 Å². The van der Waals surface area contributed by atoms with Gasteiger partial charge in [0, 0.05) is 5.57 Å². The molecule has 40 heavy (non-hydrogen) atoms. The molecule has 0 saturated heterocycles. The maximum Gasteiger partial charge on any atom is 0.460 e. The third-order valence-electron chi connectivity index (χ3n) is 4.54. The highest BCUT2D eigenvalue weighted by molar-refractivity contribution is 5.87. The Kier molecular flexibility index (Phi) is 8.75. The van der Waals surface area contributed by atoms with Gasteiger partial charge in [0.25, 0.3) is 0 Å². The summed E-state index contributed by atoms with van der Waals surface area (Å²) in [6.45, 7) is 1.97. The standard InChI is InChI=1S/C15H5F23O2/c1-3(2)4(39)40-12(29,5(16,13(30,31)32)6(17,18)14(33,34)35)10(25,26)8(21,22)7(19,20)9(23,24)11(27,28)15(36,37)38/h1H2,2H3. The molecule has 0 saturated carbocycles. The van der Waals surface area contributed by atoms with E-state index in [0.29, 0.717) is 0 Å². The molecule has 0 aromatic carbocycles. The fourth-order valence-corrected chi connectivity index (χ4v) is 2.29. The lowest BCUT2D eigenvalue weighted by Crippen LogP contribution is -2.82. The molecule has 2 atom stereocenters. The number of hydrogen-bond acceptors (Lipinski definition) is 2. The van der Waals surface area contributed by atoms with Crippen LogP contribution in [0, 0.1) is 0 Å². The van der Waals surface area contributed by atoms with Crippen molar-refractivity contribution in [3.05, 3.63) is 12.2 Å². The van der Waals surface area contributed by atoms with Crippen LogP contribution in [0.5, 0.6) is 0 Å². The summed E-state index contributed by atoms with van der Waals surface area (Å²) in [4.78, 5) is 11.2. The molecule has 0 aliphatic carbocycles. The van der Waals surface area contributed by atoms with Gasteiger partial charge in [0.05, 0.1) is 0 Å². The second-order valence-electron chi connectivity index (χ2n) is 7.36. The molecule has 238 valence electrons. The number of carbonyl (C=O) groups excluding carboxylic acids is 1. The monoisotopic (exact) mass is 654 g/mol. The summed E-state index contributed by atoms with van der Waals surface area (Å²) in [6, 6.07) is 0. The molecule has 0 aromatic rings. The summed E-state index contributed by atoms with van der Waals surface area (Å²) in [6.07, 6.45) is -25.4. The molecule has 0 N–H and O–H groups in total. The molecule has 0 aromatic heterocycles. The van der Waals surface area contributed by atoms with Gasteiger partial charge in [-0.1, -0.05) is 6.58 Å². The molecule has 2 nitrogen and oxygen atoms in total. The predicted octanol–water partition coefficient (Wildman–Crippen LogP) is 7.98. The van der Waals surface area contributed by atoms with Crippen molar-refractivity contribution in [1.29, 1.82) is 0 Å². The molecule has 0 bridgehead atoms. The lowest BCUT2D eigenvalue weighted by molar-refractivity contribution is -0.496. The number of alkyl halides is 23. The van der Waals surface area contributed by atoms with E-state index in [2.05, 4.69) is 6.58 Å². The lowest BCUT2D eigenvalue weighted by Gasteiger charge is -2.49. The summed E-state index contributed by atoms with van der Waals surface area (Å²) < 4.78 is 308. The molecule has 0 amide bonds. The van der Waals surface area contributed by atoms with Crippen LogP contribution >= 0.6 is 0 Å². The Bertz CT molecular complexity index is 984. The second-order valence-corrected chi connectivity index (χ2v) is 7.36. The Hall–Kier alpha value is -2.40. The van der Waals surface area contributed by atoms with Crippen LogP contribution in [0.25, 0.3) is 0 Å². The van der Waals surface area contributed by atoms with E-state index in [1.807, 2.05) is 4.74 Å². The number of hydrogen-bond donors (Lipinski definition) is 0. The number of carbonyl (C=O) groups is 1. The van der Waals surface area contributed by atoms with Crippen LogP contribution in [-0.4, -0.2) is 71.6 Å². The zero-order chi connectivity index (χ0) is 33.4. The third-order valence-corrected chi connectivity index (χ3v) is 4.54. The van der Waals surface area contributed by atoms with Gasteiger partial charge < -0.3 is 4.74 Å². The van der Waals surface area contributed by atoms with Crippen molar-refractivity contribution in [2.45, 2.75) is 72.5 Å². The molecular formula is C15H5F23O2. The molecule has 0 fully saturated rings. The van der Waals surface area contributed by atoms with Crippen molar-refractivity contribution in [1.82, 2.24) is 0 Å². The van der Waals surface area contributed by atoms with Crippen LogP contribution in [0.15, 0.2) is 12.2 Å². The van der Waals surface area contributed by atoms with E-state index in [0.717, 1.165) is 0 Å². The molecule has 0 aliphatic rings. The van der Waals surface area contributed by atoms with E-state index in [9.17, 15) is 106 Å². The highest BCUT2D eigenvalue weighted by atomic mass is 19.4. The van der Waals surface area contributed by atoms with Crippen molar-refractivity contribution < 1.29 is 111 Å². The van der Waals surface area contributed by atoms with Crippen LogP contribution in [0.4, 0.5) is 101 Å². The van der Waals surface area contributed by atoms with Crippen molar-refractivity contribution in [3.8, 4) is 0 Å². The molecule has 0 aliphatic heterocycles. The van der Waals surface area contributed by atoms with Crippen molar-refractivity contribution in [2.75, 3.05) is 0 Å². The summed E-state index contributed by atoms with van der Waals surface area (Å²) in [5, 5.41) is 0. The summed E-state index contributed by atoms with van der Waals surface area (Å²) in [5.41, 5.74) is -11.3. The number of esters is 1. The smallest absolute Gasteiger partial charge is 0.415 e. The number of ether oxygens (including phenoxy) is 1. The van der Waals surface area contributed by atoms with E-state index < -0.39 is 77.1 Å². The number of halogens is 23. The normalized spacial score (nSPS) is 18.6. The fourth-order valence-electron chi connectivity index (χ4n) is 2.29. The van der Waals surface area contributed by atoms with Crippen LogP contribution in [-0.2, 0) is 9.53 Å². The molecule has 25 heteroatoms. The average Bonchev–Trinajstić information content (AvgIpc) is 2.69. The van der Waals surface area contributed by atoms with E-state index in [1.54, 1.807) is 0 Å². The zero-order valence-electron chi connectivity index (χ0n) is 17.7. The predicted molar refractivity (Wildman–Crippen MR) is 76.4 cm³/mol. The maximum atomic E-state index is 14.9. The minimum Gasteiger partial charge on any atom is -0.415 e. The Morgan fingerprint density at radius 3 is 0.975 bits per heavy atom. The first-order valence-corrected chi connectivity index (χ1v) is 8.56. The van der Waals surface area contributed by atoms with Gasteiger partial charge in [0.2, 0.25) is 0 Å². The molecule has 0 rings (SSSR count). The summed E-state index contributed by atoms with van der Waals surface area (Å²) >= 11 is 0. The first-order valence-electron chi connectivity index (χ1n) is 8.56. The molecule has 2 unspecified atom stereocenters. The summed E-state index contributed by atoms with van der Waals surface area (Å²) in [7, 11) is 0. The van der Waals surface area contributed by atoms with Crippen molar-refractivity contribution >= 4 is 5.97 Å². The Morgan fingerprint density at radius 1 is 0.450 bits per heavy atom. The maximum absolute atomic E-state index is 14.9. The average molecular weight is 654 g/mol. The second kappa shape index (κ2) is 9.31. The summed E-state index contributed by atoms with van der Waals surface area (Å²) in [5.74, 6) is -67.8. The van der Waals surface area contributed by atoms with Crippen molar-refractivity contribution in [3.63, 3.8) is 0 Å². The molecular weight excluding hydrogens is 649 g/mol. The highest BCUT2D eigenvalue weighted by Crippen LogP contribution is 2.68. The quantitative estimate of drug-likeness (QED) is 0.143. The lowest BCUT2D eigenvalue weighted by atomic mass is 9.79. The largest absolute Gasteiger partial charge is 0.460 e. The van der Waals surface area contributed by atoms with Crippen LogP contribution in [0.2, 0.25) is 0 Å². The van der Waals surface area contributed by atoms with Crippen LogP contribution in [0.1, 0.15) is 6.92 Å². The molecule has 0 radical (unpaired) electrons. The molecule has 0 heterocycles. The Balaban J connectivity index is 8.16. The topological polar surface area (TPSA) is 26.3 Å². The van der Waals surface area contributed by atoms with E-state index >= 15 is 0 Å². The van der Waals surface area contributed by atoms with E-state index in [-0.39, 0.29) is 6.92 Å². The van der Waals surface area contributed by atoms with Gasteiger partial charge in [-0.3, -0.25) is 0 Å². The van der Waals surface area contributed by atoms with E-state index in [1.165, 1.54) is 0 Å². The molecule has 0 spiro atoms. The van der Waals surface area contributed by atoms with Gasteiger partial charge in [-0.05, 0) is 6.92 Å². The minimum absolute atomic E-state index is 0.138. The number of rotatable bonds is 9. The Morgan fingerprint density at radius 2 is 0.725 bits per heavy atom. The van der Waals surface area contributed by atoms with Gasteiger partial charge in [-0.15, -0.1) is 0 Å². The SMILES string of the molecule is C=C(C)C(=O)OC(F)(C(F)(F)C(F)(F)C(F)(F)C(F)(F)C(F)(F)C(F)(F)F)C(F)(C(F)(F)F)C(F)(F)C(F)(F)F.